The fraction of sp³-hybridized carbons (Fsp3) is 0.304. The lowest BCUT2D eigenvalue weighted by Gasteiger charge is -2.13. The van der Waals surface area contributed by atoms with Crippen LogP contribution in [0.15, 0.2) is 48.5 Å². The number of nitrogens with zero attached hydrogens (tertiary/aromatic N) is 2. The number of rotatable bonds is 8. The van der Waals surface area contributed by atoms with E-state index in [9.17, 15) is 4.79 Å². The summed E-state index contributed by atoms with van der Waals surface area (Å²) in [6.45, 7) is 4.79. The Kier molecular flexibility index (Phi) is 6.54. The summed E-state index contributed by atoms with van der Waals surface area (Å²) in [6, 6.07) is 13.9. The van der Waals surface area contributed by atoms with E-state index in [2.05, 4.69) is 29.8 Å². The molecular formula is C23H27N3O3. The van der Waals surface area contributed by atoms with Crippen molar-refractivity contribution in [1.29, 1.82) is 0 Å². The molecule has 0 bridgehead atoms. The molecule has 152 valence electrons. The van der Waals surface area contributed by atoms with Gasteiger partial charge in [-0.2, -0.15) is 0 Å². The van der Waals surface area contributed by atoms with Gasteiger partial charge >= 0.3 is 0 Å². The SMILES string of the molecule is COc1ccc(OC)c(/C=C/C(=O)NCCc2nc3ccccc3n2C(C)C)c1. The number of fused-ring (bicyclic) bond motifs is 1. The van der Waals surface area contributed by atoms with Gasteiger partial charge in [-0.1, -0.05) is 12.1 Å². The van der Waals surface area contributed by atoms with Crippen molar-refractivity contribution in [2.45, 2.75) is 26.3 Å². The monoisotopic (exact) mass is 393 g/mol. The van der Waals surface area contributed by atoms with E-state index in [0.29, 0.717) is 30.5 Å². The highest BCUT2D eigenvalue weighted by Crippen LogP contribution is 2.25. The molecule has 0 aliphatic rings. The van der Waals surface area contributed by atoms with Gasteiger partial charge in [0.1, 0.15) is 17.3 Å². The van der Waals surface area contributed by atoms with E-state index in [1.807, 2.05) is 36.4 Å². The van der Waals surface area contributed by atoms with Crippen LogP contribution in [-0.2, 0) is 11.2 Å². The van der Waals surface area contributed by atoms with E-state index in [4.69, 9.17) is 14.5 Å². The second-order valence-corrected chi connectivity index (χ2v) is 6.96. The summed E-state index contributed by atoms with van der Waals surface area (Å²) in [5.41, 5.74) is 2.88. The molecule has 0 aliphatic heterocycles. The minimum atomic E-state index is -0.165. The van der Waals surface area contributed by atoms with Crippen LogP contribution in [0.2, 0.25) is 0 Å². The largest absolute Gasteiger partial charge is 0.497 e. The van der Waals surface area contributed by atoms with Crippen molar-refractivity contribution in [3.8, 4) is 11.5 Å². The second-order valence-electron chi connectivity index (χ2n) is 6.96. The molecule has 3 rings (SSSR count). The van der Waals surface area contributed by atoms with Crippen LogP contribution in [0.3, 0.4) is 0 Å². The van der Waals surface area contributed by atoms with Crippen molar-refractivity contribution in [2.75, 3.05) is 20.8 Å². The number of hydrogen-bond donors (Lipinski definition) is 1. The number of imidazole rings is 1. The fourth-order valence-electron chi connectivity index (χ4n) is 3.34. The molecule has 1 heterocycles. The molecule has 1 amide bonds. The van der Waals surface area contributed by atoms with Gasteiger partial charge in [-0.3, -0.25) is 4.79 Å². The van der Waals surface area contributed by atoms with Crippen molar-refractivity contribution in [1.82, 2.24) is 14.9 Å². The Balaban J connectivity index is 1.64. The van der Waals surface area contributed by atoms with Crippen molar-refractivity contribution < 1.29 is 14.3 Å². The molecule has 29 heavy (non-hydrogen) atoms. The second kappa shape index (κ2) is 9.28. The maximum Gasteiger partial charge on any atom is 0.244 e. The predicted octanol–water partition coefficient (Wildman–Crippen LogP) is 4.01. The summed E-state index contributed by atoms with van der Waals surface area (Å²) in [4.78, 5) is 17.0. The van der Waals surface area contributed by atoms with Gasteiger partial charge in [-0.25, -0.2) is 4.98 Å². The van der Waals surface area contributed by atoms with E-state index in [0.717, 1.165) is 22.4 Å². The van der Waals surface area contributed by atoms with Crippen molar-refractivity contribution >= 4 is 23.0 Å². The molecule has 1 N–H and O–H groups in total. The maximum atomic E-state index is 12.3. The molecule has 3 aromatic rings. The number of amides is 1. The minimum absolute atomic E-state index is 0.165. The number of methoxy groups -OCH3 is 2. The Bertz CT molecular complexity index is 1020. The molecule has 0 radical (unpaired) electrons. The topological polar surface area (TPSA) is 65.4 Å². The summed E-state index contributed by atoms with van der Waals surface area (Å²) in [5.74, 6) is 2.20. The molecule has 0 saturated heterocycles. The van der Waals surface area contributed by atoms with Gasteiger partial charge in [0, 0.05) is 30.6 Å². The number of nitrogens with one attached hydrogen (secondary N) is 1. The number of ether oxygens (including phenoxy) is 2. The molecule has 0 spiro atoms. The van der Waals surface area contributed by atoms with Crippen LogP contribution in [-0.4, -0.2) is 36.2 Å². The predicted molar refractivity (Wildman–Crippen MR) is 115 cm³/mol. The van der Waals surface area contributed by atoms with E-state index >= 15 is 0 Å². The molecule has 2 aromatic carbocycles. The van der Waals surface area contributed by atoms with E-state index < -0.39 is 0 Å². The maximum absolute atomic E-state index is 12.3. The van der Waals surface area contributed by atoms with Gasteiger partial charge in [0.25, 0.3) is 0 Å². The Hall–Kier alpha value is -3.28. The van der Waals surface area contributed by atoms with Gasteiger partial charge in [0.05, 0.1) is 25.3 Å². The van der Waals surface area contributed by atoms with E-state index in [1.165, 1.54) is 6.08 Å². The highest BCUT2D eigenvalue weighted by Gasteiger charge is 2.12. The third-order valence-corrected chi connectivity index (χ3v) is 4.68. The standard InChI is InChI=1S/C23H27N3O3/c1-16(2)26-20-8-6-5-7-19(20)25-22(26)13-14-24-23(27)12-9-17-15-18(28-3)10-11-21(17)29-4/h5-12,15-16H,13-14H2,1-4H3,(H,24,27)/b12-9+. The lowest BCUT2D eigenvalue weighted by Crippen LogP contribution is -2.24. The lowest BCUT2D eigenvalue weighted by molar-refractivity contribution is -0.116. The Morgan fingerprint density at radius 2 is 1.97 bits per heavy atom. The average molecular weight is 393 g/mol. The quantitative estimate of drug-likeness (QED) is 0.588. The van der Waals surface area contributed by atoms with Gasteiger partial charge in [0.15, 0.2) is 0 Å². The smallest absolute Gasteiger partial charge is 0.244 e. The van der Waals surface area contributed by atoms with Crippen molar-refractivity contribution in [3.63, 3.8) is 0 Å². The summed E-state index contributed by atoms with van der Waals surface area (Å²) in [7, 11) is 3.20. The number of aromatic nitrogens is 2. The summed E-state index contributed by atoms with van der Waals surface area (Å²) >= 11 is 0. The van der Waals surface area contributed by atoms with Crippen LogP contribution in [0, 0.1) is 0 Å². The first-order valence-corrected chi connectivity index (χ1v) is 9.67. The van der Waals surface area contributed by atoms with Crippen LogP contribution in [0.1, 0.15) is 31.3 Å². The minimum Gasteiger partial charge on any atom is -0.497 e. The summed E-state index contributed by atoms with van der Waals surface area (Å²) < 4.78 is 12.8. The number of carbonyl (C=O) groups excluding carboxylic acids is 1. The molecular weight excluding hydrogens is 366 g/mol. The average Bonchev–Trinajstić information content (AvgIpc) is 3.10. The third kappa shape index (κ3) is 4.77. The molecule has 0 atom stereocenters. The van der Waals surface area contributed by atoms with Gasteiger partial charge in [-0.15, -0.1) is 0 Å². The van der Waals surface area contributed by atoms with Gasteiger partial charge in [-0.05, 0) is 50.3 Å². The Morgan fingerprint density at radius 1 is 1.17 bits per heavy atom. The molecule has 0 saturated carbocycles. The van der Waals surface area contributed by atoms with Crippen molar-refractivity contribution in [2.24, 2.45) is 0 Å². The van der Waals surface area contributed by atoms with Crippen LogP contribution in [0.5, 0.6) is 11.5 Å². The molecule has 0 unspecified atom stereocenters. The van der Waals surface area contributed by atoms with Crippen molar-refractivity contribution in [3.05, 3.63) is 59.9 Å². The Morgan fingerprint density at radius 3 is 2.69 bits per heavy atom. The van der Waals surface area contributed by atoms with Crippen LogP contribution >= 0.6 is 0 Å². The van der Waals surface area contributed by atoms with Crippen LogP contribution in [0.4, 0.5) is 0 Å². The zero-order chi connectivity index (χ0) is 20.8. The summed E-state index contributed by atoms with van der Waals surface area (Å²) in [6.07, 6.45) is 3.89. The molecule has 0 fully saturated rings. The molecule has 6 heteroatoms. The first kappa shape index (κ1) is 20.5. The van der Waals surface area contributed by atoms with E-state index in [-0.39, 0.29) is 5.91 Å². The first-order valence-electron chi connectivity index (χ1n) is 9.67. The number of para-hydroxylation sites is 2. The Labute approximate surface area is 171 Å². The lowest BCUT2D eigenvalue weighted by atomic mass is 10.1. The van der Waals surface area contributed by atoms with Crippen LogP contribution < -0.4 is 14.8 Å². The summed E-state index contributed by atoms with van der Waals surface area (Å²) in [5, 5.41) is 2.93. The van der Waals surface area contributed by atoms with Gasteiger partial charge in [0.2, 0.25) is 5.91 Å². The normalized spacial score (nSPS) is 11.3. The molecule has 6 nitrogen and oxygen atoms in total. The fourth-order valence-corrected chi connectivity index (χ4v) is 3.34. The zero-order valence-electron chi connectivity index (χ0n) is 17.3. The molecule has 0 aliphatic carbocycles. The molecule has 1 aromatic heterocycles. The highest BCUT2D eigenvalue weighted by atomic mass is 16.5. The number of carbonyl (C=O) groups is 1. The zero-order valence-corrected chi connectivity index (χ0v) is 17.3. The number of benzene rings is 2. The highest BCUT2D eigenvalue weighted by molar-refractivity contribution is 5.92. The number of hydrogen-bond acceptors (Lipinski definition) is 4. The third-order valence-electron chi connectivity index (χ3n) is 4.68. The van der Waals surface area contributed by atoms with Crippen LogP contribution in [0.25, 0.3) is 17.1 Å². The van der Waals surface area contributed by atoms with Gasteiger partial charge < -0.3 is 19.4 Å². The van der Waals surface area contributed by atoms with E-state index in [1.54, 1.807) is 20.3 Å². The first-order chi connectivity index (χ1) is 14.0.